The monoisotopic (exact) mass is 299 g/mol. The minimum atomic E-state index is 0.0276. The summed E-state index contributed by atoms with van der Waals surface area (Å²) in [6.45, 7) is 3.73. The van der Waals surface area contributed by atoms with E-state index in [2.05, 4.69) is 0 Å². The summed E-state index contributed by atoms with van der Waals surface area (Å²) in [5.41, 5.74) is 2.89. The Morgan fingerprint density at radius 2 is 2.05 bits per heavy atom. The fourth-order valence-corrected chi connectivity index (χ4v) is 2.15. The van der Waals surface area contributed by atoms with Crippen molar-refractivity contribution in [3.63, 3.8) is 0 Å². The minimum Gasteiger partial charge on any atom is -0.489 e. The molecule has 0 bridgehead atoms. The molecule has 4 heteroatoms. The van der Waals surface area contributed by atoms with E-state index in [1.165, 1.54) is 6.92 Å². The van der Waals surface area contributed by atoms with Gasteiger partial charge in [0.25, 0.3) is 0 Å². The van der Waals surface area contributed by atoms with E-state index in [0.29, 0.717) is 28.5 Å². The van der Waals surface area contributed by atoms with Crippen molar-refractivity contribution in [3.8, 4) is 11.8 Å². The van der Waals surface area contributed by atoms with Crippen LogP contribution in [0.2, 0.25) is 5.02 Å². The van der Waals surface area contributed by atoms with Crippen LogP contribution in [-0.2, 0) is 6.61 Å². The molecule has 0 N–H and O–H groups in total. The molecular weight excluding hydrogens is 286 g/mol. The van der Waals surface area contributed by atoms with Crippen LogP contribution in [0, 0.1) is 18.3 Å². The molecule has 0 aliphatic carbocycles. The molecule has 0 unspecified atom stereocenters. The summed E-state index contributed by atoms with van der Waals surface area (Å²) in [5, 5.41) is 9.31. The second-order valence-electron chi connectivity index (χ2n) is 4.74. The Hall–Kier alpha value is -2.31. The fourth-order valence-electron chi connectivity index (χ4n) is 1.92. The zero-order valence-corrected chi connectivity index (χ0v) is 12.6. The van der Waals surface area contributed by atoms with Crippen LogP contribution >= 0.6 is 11.6 Å². The lowest BCUT2D eigenvalue weighted by molar-refractivity contribution is 0.101. The van der Waals surface area contributed by atoms with Gasteiger partial charge in [-0.15, -0.1) is 0 Å². The van der Waals surface area contributed by atoms with Gasteiger partial charge in [-0.05, 0) is 49.7 Å². The van der Waals surface area contributed by atoms with Crippen LogP contribution in [0.25, 0.3) is 0 Å². The first-order valence-corrected chi connectivity index (χ1v) is 6.82. The maximum Gasteiger partial charge on any atom is 0.159 e. The van der Waals surface area contributed by atoms with E-state index in [1.54, 1.807) is 36.4 Å². The molecule has 0 saturated carbocycles. The quantitative estimate of drug-likeness (QED) is 0.791. The van der Waals surface area contributed by atoms with E-state index in [4.69, 9.17) is 21.6 Å². The lowest BCUT2D eigenvalue weighted by Gasteiger charge is -2.11. The standard InChI is InChI=1S/C17H14ClNO2/c1-11-7-14(12(2)20)5-6-17(11)21-10-15-4-3-13(9-19)8-16(15)18/h3-8H,10H2,1-2H3. The number of aryl methyl sites for hydroxylation is 1. The molecule has 0 aliphatic heterocycles. The predicted molar refractivity (Wildman–Crippen MR) is 81.7 cm³/mol. The zero-order valence-electron chi connectivity index (χ0n) is 11.8. The Morgan fingerprint density at radius 1 is 1.29 bits per heavy atom. The van der Waals surface area contributed by atoms with Crippen molar-refractivity contribution in [3.05, 3.63) is 63.7 Å². The van der Waals surface area contributed by atoms with Crippen LogP contribution in [0.1, 0.15) is 34.0 Å². The van der Waals surface area contributed by atoms with Gasteiger partial charge < -0.3 is 4.74 Å². The van der Waals surface area contributed by atoms with E-state index in [9.17, 15) is 4.79 Å². The number of hydrogen-bond donors (Lipinski definition) is 0. The highest BCUT2D eigenvalue weighted by atomic mass is 35.5. The number of nitriles is 1. The Labute approximate surface area is 128 Å². The number of halogens is 1. The summed E-state index contributed by atoms with van der Waals surface area (Å²) in [6.07, 6.45) is 0. The van der Waals surface area contributed by atoms with Crippen molar-refractivity contribution in [2.24, 2.45) is 0 Å². The number of nitrogens with zero attached hydrogens (tertiary/aromatic N) is 1. The molecule has 0 radical (unpaired) electrons. The van der Waals surface area contributed by atoms with E-state index in [1.807, 2.05) is 13.0 Å². The summed E-state index contributed by atoms with van der Waals surface area (Å²) in [7, 11) is 0. The van der Waals surface area contributed by atoms with Crippen molar-refractivity contribution in [2.75, 3.05) is 0 Å². The molecule has 106 valence electrons. The van der Waals surface area contributed by atoms with Gasteiger partial charge in [-0.1, -0.05) is 17.7 Å². The van der Waals surface area contributed by atoms with Gasteiger partial charge in [-0.3, -0.25) is 4.79 Å². The van der Waals surface area contributed by atoms with Gasteiger partial charge in [0.05, 0.1) is 11.6 Å². The molecule has 2 rings (SSSR count). The maximum absolute atomic E-state index is 11.3. The molecule has 21 heavy (non-hydrogen) atoms. The van der Waals surface area contributed by atoms with Gasteiger partial charge in [-0.25, -0.2) is 0 Å². The van der Waals surface area contributed by atoms with Crippen molar-refractivity contribution >= 4 is 17.4 Å². The first-order chi connectivity index (χ1) is 10.0. The summed E-state index contributed by atoms with van der Waals surface area (Å²) in [4.78, 5) is 11.3. The number of carbonyl (C=O) groups excluding carboxylic acids is 1. The van der Waals surface area contributed by atoms with Crippen LogP contribution in [0.3, 0.4) is 0 Å². The third kappa shape index (κ3) is 3.62. The number of hydrogen-bond acceptors (Lipinski definition) is 3. The minimum absolute atomic E-state index is 0.0276. The van der Waals surface area contributed by atoms with Gasteiger partial charge in [0.1, 0.15) is 12.4 Å². The normalized spacial score (nSPS) is 10.0. The summed E-state index contributed by atoms with van der Waals surface area (Å²) >= 11 is 6.11. The lowest BCUT2D eigenvalue weighted by atomic mass is 10.1. The Bertz CT molecular complexity index is 732. The van der Waals surface area contributed by atoms with Gasteiger partial charge in [0.2, 0.25) is 0 Å². The average molecular weight is 300 g/mol. The van der Waals surface area contributed by atoms with E-state index < -0.39 is 0 Å². The third-order valence-electron chi connectivity index (χ3n) is 3.15. The van der Waals surface area contributed by atoms with Gasteiger partial charge in [0.15, 0.2) is 5.78 Å². The van der Waals surface area contributed by atoms with Crippen LogP contribution in [-0.4, -0.2) is 5.78 Å². The molecule has 0 aliphatic rings. The highest BCUT2D eigenvalue weighted by molar-refractivity contribution is 6.31. The topological polar surface area (TPSA) is 50.1 Å². The number of ether oxygens (including phenoxy) is 1. The predicted octanol–water partition coefficient (Wildman–Crippen LogP) is 4.30. The molecule has 0 heterocycles. The maximum atomic E-state index is 11.3. The highest BCUT2D eigenvalue weighted by Crippen LogP contribution is 2.23. The SMILES string of the molecule is CC(=O)c1ccc(OCc2ccc(C#N)cc2Cl)c(C)c1. The first kappa shape index (κ1) is 15.1. The molecule has 0 spiro atoms. The first-order valence-electron chi connectivity index (χ1n) is 6.44. The second-order valence-corrected chi connectivity index (χ2v) is 5.15. The van der Waals surface area contributed by atoms with Crippen molar-refractivity contribution in [1.82, 2.24) is 0 Å². The number of rotatable bonds is 4. The lowest BCUT2D eigenvalue weighted by Crippen LogP contribution is -2.00. The van der Waals surface area contributed by atoms with E-state index in [0.717, 1.165) is 11.1 Å². The molecular formula is C17H14ClNO2. The smallest absolute Gasteiger partial charge is 0.159 e. The number of Topliss-reactive ketones (excluding diaryl/α,β-unsaturated/α-hetero) is 1. The van der Waals surface area contributed by atoms with Crippen LogP contribution in [0.4, 0.5) is 0 Å². The van der Waals surface area contributed by atoms with Crippen molar-refractivity contribution < 1.29 is 9.53 Å². The molecule has 0 amide bonds. The van der Waals surface area contributed by atoms with E-state index in [-0.39, 0.29) is 5.78 Å². The Balaban J connectivity index is 2.13. The van der Waals surface area contributed by atoms with Crippen LogP contribution < -0.4 is 4.74 Å². The number of carbonyl (C=O) groups is 1. The average Bonchev–Trinajstić information content (AvgIpc) is 2.46. The van der Waals surface area contributed by atoms with Gasteiger partial charge >= 0.3 is 0 Å². The third-order valence-corrected chi connectivity index (χ3v) is 3.50. The molecule has 3 nitrogen and oxygen atoms in total. The second kappa shape index (κ2) is 6.43. The van der Waals surface area contributed by atoms with Crippen molar-refractivity contribution in [1.29, 1.82) is 5.26 Å². The summed E-state index contributed by atoms with van der Waals surface area (Å²) in [5.74, 6) is 0.736. The molecule has 0 saturated heterocycles. The van der Waals surface area contributed by atoms with E-state index >= 15 is 0 Å². The largest absolute Gasteiger partial charge is 0.489 e. The van der Waals surface area contributed by atoms with Gasteiger partial charge in [-0.2, -0.15) is 5.26 Å². The fraction of sp³-hybridized carbons (Fsp3) is 0.176. The molecule has 0 fully saturated rings. The summed E-state index contributed by atoms with van der Waals surface area (Å²) in [6, 6.07) is 12.5. The number of benzene rings is 2. The van der Waals surface area contributed by atoms with Crippen molar-refractivity contribution in [2.45, 2.75) is 20.5 Å². The molecule has 2 aromatic rings. The number of ketones is 1. The van der Waals surface area contributed by atoms with Crippen LogP contribution in [0.5, 0.6) is 5.75 Å². The molecule has 0 atom stereocenters. The Kier molecular flexibility index (Phi) is 4.62. The molecule has 2 aromatic carbocycles. The Morgan fingerprint density at radius 3 is 2.62 bits per heavy atom. The van der Waals surface area contributed by atoms with Crippen LogP contribution in [0.15, 0.2) is 36.4 Å². The molecule has 0 aromatic heterocycles. The highest BCUT2D eigenvalue weighted by Gasteiger charge is 2.07. The summed E-state index contributed by atoms with van der Waals surface area (Å²) < 4.78 is 5.73. The zero-order chi connectivity index (χ0) is 15.4. The van der Waals surface area contributed by atoms with Gasteiger partial charge in [0, 0.05) is 16.1 Å².